The molecule has 0 fully saturated rings. The lowest BCUT2D eigenvalue weighted by molar-refractivity contribution is -0.126. The number of carbonyl (C=O) groups excluding carboxylic acids is 1. The number of carbonyl (C=O) groups is 1. The van der Waals surface area contributed by atoms with Gasteiger partial charge in [-0.3, -0.25) is 4.79 Å². The number of fused-ring (bicyclic) bond motifs is 1. The van der Waals surface area contributed by atoms with Crippen molar-refractivity contribution in [2.45, 2.75) is 19.8 Å². The molecule has 1 heterocycles. The van der Waals surface area contributed by atoms with Crippen molar-refractivity contribution in [1.29, 1.82) is 0 Å². The average Bonchev–Trinajstić information content (AvgIpc) is 2.35. The minimum Gasteiger partial charge on any atom is -0.492 e. The Labute approximate surface area is 106 Å². The molecular weight excluding hydrogens is 238 g/mol. The monoisotopic (exact) mass is 253 g/mol. The summed E-state index contributed by atoms with van der Waals surface area (Å²) in [5, 5.41) is 3.58. The molecule has 0 aromatic heterocycles. The lowest BCUT2D eigenvalue weighted by Gasteiger charge is -2.24. The minimum absolute atomic E-state index is 0.0671. The molecule has 4 heteroatoms. The number of benzene rings is 1. The van der Waals surface area contributed by atoms with Crippen LogP contribution in [0.25, 0.3) is 0 Å². The lowest BCUT2D eigenvalue weighted by Crippen LogP contribution is -2.37. The van der Waals surface area contributed by atoms with Gasteiger partial charge in [-0.05, 0) is 36.6 Å². The van der Waals surface area contributed by atoms with Crippen LogP contribution < -0.4 is 10.1 Å². The maximum Gasteiger partial charge on any atom is 0.226 e. The molecule has 1 amide bonds. The van der Waals surface area contributed by atoms with Crippen molar-refractivity contribution in [1.82, 2.24) is 5.32 Å². The Morgan fingerprint density at radius 2 is 2.41 bits per heavy atom. The van der Waals surface area contributed by atoms with Gasteiger partial charge in [0, 0.05) is 11.6 Å². The zero-order valence-corrected chi connectivity index (χ0v) is 10.6. The summed E-state index contributed by atoms with van der Waals surface area (Å²) in [5.41, 5.74) is 1.01. The number of amides is 1. The second kappa shape index (κ2) is 5.41. The first kappa shape index (κ1) is 12.2. The predicted molar refractivity (Wildman–Crippen MR) is 67.4 cm³/mol. The fourth-order valence-corrected chi connectivity index (χ4v) is 2.12. The molecule has 2 rings (SSSR count). The van der Waals surface area contributed by atoms with Crippen molar-refractivity contribution in [2.24, 2.45) is 5.92 Å². The van der Waals surface area contributed by atoms with E-state index in [0.717, 1.165) is 24.3 Å². The standard InChI is InChI=1S/C13H16ClNO2/c1-2-5-15-13(16)10-6-9-7-11(14)3-4-12(9)17-8-10/h3-4,7,10H,2,5-6,8H2,1H3,(H,15,16). The molecule has 1 unspecified atom stereocenters. The van der Waals surface area contributed by atoms with Crippen LogP contribution in [0.1, 0.15) is 18.9 Å². The molecule has 0 spiro atoms. The number of rotatable bonds is 3. The third kappa shape index (κ3) is 2.91. The van der Waals surface area contributed by atoms with Gasteiger partial charge in [0.25, 0.3) is 0 Å². The number of ether oxygens (including phenoxy) is 1. The molecule has 0 aliphatic carbocycles. The summed E-state index contributed by atoms with van der Waals surface area (Å²) in [5.74, 6) is 0.805. The molecule has 92 valence electrons. The van der Waals surface area contributed by atoms with Gasteiger partial charge in [0.05, 0.1) is 5.92 Å². The van der Waals surface area contributed by atoms with Crippen molar-refractivity contribution in [3.05, 3.63) is 28.8 Å². The lowest BCUT2D eigenvalue weighted by atomic mass is 9.96. The van der Waals surface area contributed by atoms with E-state index in [4.69, 9.17) is 16.3 Å². The Hall–Kier alpha value is -1.22. The van der Waals surface area contributed by atoms with Crippen LogP contribution in [0.15, 0.2) is 18.2 Å². The van der Waals surface area contributed by atoms with Crippen molar-refractivity contribution >= 4 is 17.5 Å². The molecule has 3 nitrogen and oxygen atoms in total. The Bertz CT molecular complexity index is 420. The molecule has 0 saturated heterocycles. The first-order valence-corrected chi connectivity index (χ1v) is 6.27. The molecule has 0 saturated carbocycles. The quantitative estimate of drug-likeness (QED) is 0.899. The molecule has 1 aliphatic heterocycles. The van der Waals surface area contributed by atoms with Gasteiger partial charge in [-0.15, -0.1) is 0 Å². The highest BCUT2D eigenvalue weighted by Gasteiger charge is 2.25. The molecule has 0 bridgehead atoms. The first-order valence-electron chi connectivity index (χ1n) is 5.89. The van der Waals surface area contributed by atoms with Crippen molar-refractivity contribution in [2.75, 3.05) is 13.2 Å². The van der Waals surface area contributed by atoms with Gasteiger partial charge < -0.3 is 10.1 Å². The van der Waals surface area contributed by atoms with Crippen molar-refractivity contribution in [3.8, 4) is 5.75 Å². The summed E-state index contributed by atoms with van der Waals surface area (Å²) in [4.78, 5) is 11.8. The van der Waals surface area contributed by atoms with Crippen LogP contribution in [0.3, 0.4) is 0 Å². The van der Waals surface area contributed by atoms with Gasteiger partial charge in [-0.2, -0.15) is 0 Å². The number of hydrogen-bond acceptors (Lipinski definition) is 2. The van der Waals surface area contributed by atoms with Gasteiger partial charge in [0.2, 0.25) is 5.91 Å². The zero-order valence-electron chi connectivity index (χ0n) is 9.83. The predicted octanol–water partition coefficient (Wildman–Crippen LogP) is 2.42. The molecule has 1 atom stereocenters. The maximum atomic E-state index is 11.8. The molecule has 1 aromatic rings. The second-order valence-corrected chi connectivity index (χ2v) is 4.69. The largest absolute Gasteiger partial charge is 0.492 e. The summed E-state index contributed by atoms with van der Waals surface area (Å²) in [6, 6.07) is 5.53. The van der Waals surface area contributed by atoms with E-state index in [1.165, 1.54) is 0 Å². The first-order chi connectivity index (χ1) is 8.20. The normalized spacial score (nSPS) is 18.1. The van der Waals surface area contributed by atoms with Crippen LogP contribution >= 0.6 is 11.6 Å². The van der Waals surface area contributed by atoms with Crippen LogP contribution in [0.4, 0.5) is 0 Å². The number of nitrogens with one attached hydrogen (secondary N) is 1. The fraction of sp³-hybridized carbons (Fsp3) is 0.462. The van der Waals surface area contributed by atoms with E-state index in [1.807, 2.05) is 19.1 Å². The number of halogens is 1. The topological polar surface area (TPSA) is 38.3 Å². The second-order valence-electron chi connectivity index (χ2n) is 4.26. The van der Waals surface area contributed by atoms with Gasteiger partial charge in [-0.1, -0.05) is 18.5 Å². The van der Waals surface area contributed by atoms with Gasteiger partial charge >= 0.3 is 0 Å². The molecule has 1 N–H and O–H groups in total. The van der Waals surface area contributed by atoms with E-state index >= 15 is 0 Å². The highest BCUT2D eigenvalue weighted by molar-refractivity contribution is 6.30. The highest BCUT2D eigenvalue weighted by Crippen LogP contribution is 2.29. The van der Waals surface area contributed by atoms with E-state index in [2.05, 4.69) is 5.32 Å². The summed E-state index contributed by atoms with van der Waals surface area (Å²) in [7, 11) is 0. The van der Waals surface area contributed by atoms with Gasteiger partial charge in [0.15, 0.2) is 0 Å². The zero-order chi connectivity index (χ0) is 12.3. The van der Waals surface area contributed by atoms with Gasteiger partial charge in [-0.25, -0.2) is 0 Å². The van der Waals surface area contributed by atoms with E-state index in [-0.39, 0.29) is 11.8 Å². The van der Waals surface area contributed by atoms with Crippen LogP contribution in [0, 0.1) is 5.92 Å². The van der Waals surface area contributed by atoms with E-state index in [0.29, 0.717) is 18.1 Å². The van der Waals surface area contributed by atoms with Crippen LogP contribution in [-0.4, -0.2) is 19.1 Å². The molecule has 1 aromatic carbocycles. The van der Waals surface area contributed by atoms with Crippen molar-refractivity contribution < 1.29 is 9.53 Å². The summed E-state index contributed by atoms with van der Waals surface area (Å²) in [6.07, 6.45) is 1.65. The smallest absolute Gasteiger partial charge is 0.226 e. The van der Waals surface area contributed by atoms with Crippen LogP contribution in [0.2, 0.25) is 5.02 Å². The van der Waals surface area contributed by atoms with Crippen LogP contribution in [0.5, 0.6) is 5.75 Å². The van der Waals surface area contributed by atoms with Crippen molar-refractivity contribution in [3.63, 3.8) is 0 Å². The number of hydrogen-bond donors (Lipinski definition) is 1. The SMILES string of the molecule is CCCNC(=O)C1COc2ccc(Cl)cc2C1. The summed E-state index contributed by atoms with van der Waals surface area (Å²) in [6.45, 7) is 3.20. The van der Waals surface area contributed by atoms with Crippen LogP contribution in [-0.2, 0) is 11.2 Å². The minimum atomic E-state index is -0.104. The fourth-order valence-electron chi connectivity index (χ4n) is 1.92. The molecular formula is C13H16ClNO2. The Morgan fingerprint density at radius 1 is 1.59 bits per heavy atom. The summed E-state index contributed by atoms with van der Waals surface area (Å²) < 4.78 is 5.57. The summed E-state index contributed by atoms with van der Waals surface area (Å²) >= 11 is 5.93. The Morgan fingerprint density at radius 3 is 3.18 bits per heavy atom. The molecule has 0 radical (unpaired) electrons. The highest BCUT2D eigenvalue weighted by atomic mass is 35.5. The molecule has 17 heavy (non-hydrogen) atoms. The maximum absolute atomic E-state index is 11.8. The van der Waals surface area contributed by atoms with E-state index in [9.17, 15) is 4.79 Å². The average molecular weight is 254 g/mol. The van der Waals surface area contributed by atoms with E-state index in [1.54, 1.807) is 6.07 Å². The van der Waals surface area contributed by atoms with Gasteiger partial charge in [0.1, 0.15) is 12.4 Å². The Kier molecular flexibility index (Phi) is 3.89. The molecule has 1 aliphatic rings. The Balaban J connectivity index is 2.04. The third-order valence-corrected chi connectivity index (χ3v) is 3.08. The third-order valence-electron chi connectivity index (χ3n) is 2.85. The van der Waals surface area contributed by atoms with E-state index < -0.39 is 0 Å².